The summed E-state index contributed by atoms with van der Waals surface area (Å²) in [6.07, 6.45) is 2.06. The van der Waals surface area contributed by atoms with Gasteiger partial charge in [0.1, 0.15) is 0 Å². The van der Waals surface area contributed by atoms with Gasteiger partial charge in [-0.15, -0.1) is 0 Å². The molecule has 1 atom stereocenters. The van der Waals surface area contributed by atoms with Crippen LogP contribution in [0.1, 0.15) is 38.2 Å². The Morgan fingerprint density at radius 2 is 1.90 bits per heavy atom. The summed E-state index contributed by atoms with van der Waals surface area (Å²) in [7, 11) is 0. The van der Waals surface area contributed by atoms with E-state index in [1.54, 1.807) is 0 Å². The van der Waals surface area contributed by atoms with E-state index in [0.717, 1.165) is 44.3 Å². The molecule has 0 fully saturated rings. The second kappa shape index (κ2) is 10.6. The molecule has 0 saturated heterocycles. The largest absolute Gasteiger partial charge is 0.382 e. The molecule has 0 aliphatic carbocycles. The van der Waals surface area contributed by atoms with Gasteiger partial charge in [0.05, 0.1) is 0 Å². The third-order valence-corrected chi connectivity index (χ3v) is 3.48. The Kier molecular flexibility index (Phi) is 9.00. The minimum Gasteiger partial charge on any atom is -0.382 e. The van der Waals surface area contributed by atoms with Crippen LogP contribution >= 0.6 is 12.2 Å². The highest BCUT2D eigenvalue weighted by Crippen LogP contribution is 2.17. The number of benzene rings is 1. The molecule has 20 heavy (non-hydrogen) atoms. The van der Waals surface area contributed by atoms with Crippen LogP contribution in [0.5, 0.6) is 0 Å². The van der Waals surface area contributed by atoms with Gasteiger partial charge in [-0.25, -0.2) is 0 Å². The maximum Gasteiger partial charge on any atom is 0.166 e. The maximum atomic E-state index is 5.27. The molecule has 0 amide bonds. The monoisotopic (exact) mass is 294 g/mol. The fourth-order valence-corrected chi connectivity index (χ4v) is 2.14. The zero-order valence-corrected chi connectivity index (χ0v) is 13.3. The van der Waals surface area contributed by atoms with E-state index in [9.17, 15) is 0 Å². The lowest BCUT2D eigenvalue weighted by molar-refractivity contribution is 0.145. The lowest BCUT2D eigenvalue weighted by Gasteiger charge is -2.14. The average molecular weight is 294 g/mol. The molecule has 0 heterocycles. The first-order chi connectivity index (χ1) is 9.74. The van der Waals surface area contributed by atoms with Crippen LogP contribution < -0.4 is 10.6 Å². The van der Waals surface area contributed by atoms with Gasteiger partial charge in [0.25, 0.3) is 0 Å². The van der Waals surface area contributed by atoms with E-state index >= 15 is 0 Å². The first kappa shape index (κ1) is 16.9. The summed E-state index contributed by atoms with van der Waals surface area (Å²) in [5, 5.41) is 7.19. The van der Waals surface area contributed by atoms with Crippen LogP contribution in [0.15, 0.2) is 30.3 Å². The maximum absolute atomic E-state index is 5.27. The first-order valence-corrected chi connectivity index (χ1v) is 7.79. The molecule has 112 valence electrons. The van der Waals surface area contributed by atoms with Crippen molar-refractivity contribution in [3.05, 3.63) is 35.9 Å². The van der Waals surface area contributed by atoms with Crippen molar-refractivity contribution in [2.75, 3.05) is 26.3 Å². The summed E-state index contributed by atoms with van der Waals surface area (Å²) in [6.45, 7) is 7.58. The van der Waals surface area contributed by atoms with Gasteiger partial charge in [0.2, 0.25) is 0 Å². The zero-order valence-electron chi connectivity index (χ0n) is 12.5. The van der Waals surface area contributed by atoms with Gasteiger partial charge in [-0.1, -0.05) is 37.3 Å². The molecule has 0 aliphatic rings. The lowest BCUT2D eigenvalue weighted by Crippen LogP contribution is -2.36. The third-order valence-electron chi connectivity index (χ3n) is 3.19. The van der Waals surface area contributed by atoms with Crippen molar-refractivity contribution in [2.24, 2.45) is 0 Å². The molecule has 0 aromatic heterocycles. The van der Waals surface area contributed by atoms with Crippen molar-refractivity contribution >= 4 is 17.3 Å². The Hall–Kier alpha value is -1.13. The minimum atomic E-state index is 0.546. The minimum absolute atomic E-state index is 0.546. The predicted molar refractivity (Wildman–Crippen MR) is 89.2 cm³/mol. The van der Waals surface area contributed by atoms with E-state index in [1.807, 2.05) is 6.92 Å². The van der Waals surface area contributed by atoms with Crippen LogP contribution in [0.4, 0.5) is 0 Å². The van der Waals surface area contributed by atoms with Crippen LogP contribution in [-0.4, -0.2) is 31.4 Å². The van der Waals surface area contributed by atoms with Crippen LogP contribution in [0, 0.1) is 0 Å². The Labute approximate surface area is 128 Å². The van der Waals surface area contributed by atoms with E-state index in [1.165, 1.54) is 5.56 Å². The summed E-state index contributed by atoms with van der Waals surface area (Å²) < 4.78 is 5.27. The van der Waals surface area contributed by atoms with Gasteiger partial charge in [0, 0.05) is 26.3 Å². The van der Waals surface area contributed by atoms with Crippen molar-refractivity contribution in [3.8, 4) is 0 Å². The number of hydrogen-bond acceptors (Lipinski definition) is 2. The van der Waals surface area contributed by atoms with Crippen LogP contribution in [0.3, 0.4) is 0 Å². The quantitative estimate of drug-likeness (QED) is 0.542. The Morgan fingerprint density at radius 3 is 2.60 bits per heavy atom. The van der Waals surface area contributed by atoms with Crippen LogP contribution in [-0.2, 0) is 4.74 Å². The molecule has 0 bridgehead atoms. The first-order valence-electron chi connectivity index (χ1n) is 7.38. The highest BCUT2D eigenvalue weighted by molar-refractivity contribution is 7.80. The van der Waals surface area contributed by atoms with Gasteiger partial charge in [0.15, 0.2) is 5.11 Å². The molecule has 4 heteroatoms. The fraction of sp³-hybridized carbons (Fsp3) is 0.562. The highest BCUT2D eigenvalue weighted by atomic mass is 32.1. The van der Waals surface area contributed by atoms with E-state index in [4.69, 9.17) is 17.0 Å². The SMILES string of the molecule is CCOCCCNC(=S)NCCC(C)c1ccccc1. The summed E-state index contributed by atoms with van der Waals surface area (Å²) in [5.41, 5.74) is 1.38. The van der Waals surface area contributed by atoms with Crippen molar-refractivity contribution in [2.45, 2.75) is 32.6 Å². The number of nitrogens with one attached hydrogen (secondary N) is 2. The Morgan fingerprint density at radius 1 is 1.20 bits per heavy atom. The van der Waals surface area contributed by atoms with E-state index in [2.05, 4.69) is 47.9 Å². The number of thiocarbonyl (C=S) groups is 1. The molecule has 1 aromatic carbocycles. The second-order valence-electron chi connectivity index (χ2n) is 4.83. The molecule has 0 radical (unpaired) electrons. The smallest absolute Gasteiger partial charge is 0.166 e. The van der Waals surface area contributed by atoms with Crippen molar-refractivity contribution in [3.63, 3.8) is 0 Å². The standard InChI is InChI=1S/C16H26N2OS/c1-3-19-13-7-11-17-16(20)18-12-10-14(2)15-8-5-4-6-9-15/h4-6,8-9,14H,3,7,10-13H2,1-2H3,(H2,17,18,20). The van der Waals surface area contributed by atoms with Crippen LogP contribution in [0.2, 0.25) is 0 Å². The van der Waals surface area contributed by atoms with Crippen molar-refractivity contribution in [1.82, 2.24) is 10.6 Å². The number of rotatable bonds is 9. The third kappa shape index (κ3) is 7.46. The lowest BCUT2D eigenvalue weighted by atomic mass is 9.98. The molecule has 1 aromatic rings. The average Bonchev–Trinajstić information content (AvgIpc) is 2.48. The zero-order chi connectivity index (χ0) is 14.6. The number of ether oxygens (including phenoxy) is 1. The molecule has 0 spiro atoms. The molecular weight excluding hydrogens is 268 g/mol. The van der Waals surface area contributed by atoms with Gasteiger partial charge in [-0.2, -0.15) is 0 Å². The van der Waals surface area contributed by atoms with Crippen LogP contribution in [0.25, 0.3) is 0 Å². The number of hydrogen-bond donors (Lipinski definition) is 2. The van der Waals surface area contributed by atoms with E-state index < -0.39 is 0 Å². The van der Waals surface area contributed by atoms with Crippen molar-refractivity contribution < 1.29 is 4.74 Å². The predicted octanol–water partition coefficient (Wildman–Crippen LogP) is 3.07. The molecule has 1 unspecified atom stereocenters. The van der Waals surface area contributed by atoms with Gasteiger partial charge >= 0.3 is 0 Å². The molecular formula is C16H26N2OS. The summed E-state index contributed by atoms with van der Waals surface area (Å²) in [6, 6.07) is 10.6. The molecule has 3 nitrogen and oxygen atoms in total. The van der Waals surface area contributed by atoms with Crippen molar-refractivity contribution in [1.29, 1.82) is 0 Å². The van der Waals surface area contributed by atoms with Gasteiger partial charge in [-0.3, -0.25) is 0 Å². The Balaban J connectivity index is 2.07. The van der Waals surface area contributed by atoms with Gasteiger partial charge in [-0.05, 0) is 43.5 Å². The van der Waals surface area contributed by atoms with E-state index in [-0.39, 0.29) is 0 Å². The molecule has 1 rings (SSSR count). The van der Waals surface area contributed by atoms with Gasteiger partial charge < -0.3 is 15.4 Å². The summed E-state index contributed by atoms with van der Waals surface area (Å²) in [5.74, 6) is 0.546. The second-order valence-corrected chi connectivity index (χ2v) is 5.24. The van der Waals surface area contributed by atoms with E-state index in [0.29, 0.717) is 5.92 Å². The molecule has 0 saturated carbocycles. The molecule has 0 aliphatic heterocycles. The summed E-state index contributed by atoms with van der Waals surface area (Å²) >= 11 is 5.24. The fourth-order valence-electron chi connectivity index (χ4n) is 1.93. The highest BCUT2D eigenvalue weighted by Gasteiger charge is 2.04. The Bertz CT molecular complexity index is 370. The molecule has 2 N–H and O–H groups in total. The summed E-state index contributed by atoms with van der Waals surface area (Å²) in [4.78, 5) is 0. The topological polar surface area (TPSA) is 33.3 Å². The normalized spacial score (nSPS) is 11.9.